The normalized spacial score (nSPS) is 9.56. The second kappa shape index (κ2) is 3.33. The molecule has 0 aromatic rings. The van der Waals surface area contributed by atoms with Crippen molar-refractivity contribution in [3.63, 3.8) is 0 Å². The Morgan fingerprint density at radius 3 is 2.56 bits per heavy atom. The largest absolute Gasteiger partial charge is 0.320 e. The lowest BCUT2D eigenvalue weighted by atomic mass is 10.7. The van der Waals surface area contributed by atoms with Crippen molar-refractivity contribution in [1.29, 1.82) is 0 Å². The minimum absolute atomic E-state index is 0.155. The smallest absolute Gasteiger partial charge is 0.236 e. The molecule has 0 aromatic carbocycles. The monoisotopic (exact) mass is 148 g/mol. The van der Waals surface area contributed by atoms with Gasteiger partial charge in [0, 0.05) is 6.04 Å². The van der Waals surface area contributed by atoms with Crippen LogP contribution in [0, 0.1) is 12.0 Å². The third-order valence-corrected chi connectivity index (χ3v) is 0.900. The lowest BCUT2D eigenvalue weighted by Crippen LogP contribution is -2.15. The molecule has 0 rings (SSSR count). The molecule has 0 amide bonds. The number of hydrogen-bond donors (Lipinski definition) is 2. The van der Waals surface area contributed by atoms with Crippen molar-refractivity contribution in [3.8, 4) is 12.0 Å². The first-order valence-electron chi connectivity index (χ1n) is 2.21. The maximum atomic E-state index is 10.3. The molecule has 0 saturated carbocycles. The molecule has 0 aliphatic carbocycles. The van der Waals surface area contributed by atoms with Gasteiger partial charge in [0.2, 0.25) is 10.0 Å². The maximum Gasteiger partial charge on any atom is 0.236 e. The predicted octanol–water partition coefficient (Wildman–Crippen LogP) is -1.54. The highest BCUT2D eigenvalue weighted by Crippen LogP contribution is 1.66. The summed E-state index contributed by atoms with van der Waals surface area (Å²) < 4.78 is 22.5. The van der Waals surface area contributed by atoms with Crippen LogP contribution in [-0.4, -0.2) is 21.2 Å². The molecule has 0 bridgehead atoms. The molecule has 52 valence electrons. The van der Waals surface area contributed by atoms with Crippen molar-refractivity contribution >= 4 is 10.0 Å². The highest BCUT2D eigenvalue weighted by molar-refractivity contribution is 7.88. The Morgan fingerprint density at radius 1 is 1.67 bits per heavy atom. The summed E-state index contributed by atoms with van der Waals surface area (Å²) in [7, 11) is -3.18. The first kappa shape index (κ1) is 8.27. The molecule has 5 heteroatoms. The summed E-state index contributed by atoms with van der Waals surface area (Å²) in [5.41, 5.74) is 4.95. The molecule has 3 N–H and O–H groups in total. The third-order valence-electron chi connectivity index (χ3n) is 0.427. The van der Waals surface area contributed by atoms with Gasteiger partial charge in [-0.1, -0.05) is 5.92 Å². The van der Waals surface area contributed by atoms with E-state index in [4.69, 9.17) is 5.73 Å². The Morgan fingerprint density at radius 2 is 2.22 bits per heavy atom. The summed E-state index contributed by atoms with van der Waals surface area (Å²) in [5.74, 6) is 2.34. The highest BCUT2D eigenvalue weighted by Gasteiger charge is 1.91. The first-order chi connectivity index (χ1) is 4.06. The number of rotatable bonds is 1. The summed E-state index contributed by atoms with van der Waals surface area (Å²) in [4.78, 5) is 0. The summed E-state index contributed by atoms with van der Waals surface area (Å²) in [5, 5.41) is 0. The Labute approximate surface area is 54.5 Å². The average molecular weight is 148 g/mol. The van der Waals surface area contributed by atoms with Crippen LogP contribution in [0.2, 0.25) is 0 Å². The Balaban J connectivity index is 3.79. The van der Waals surface area contributed by atoms with Crippen molar-refractivity contribution in [3.05, 3.63) is 0 Å². The summed E-state index contributed by atoms with van der Waals surface area (Å²) in [6.45, 7) is 0.155. The molecular weight excluding hydrogens is 140 g/mol. The van der Waals surface area contributed by atoms with E-state index in [0.717, 1.165) is 6.26 Å². The van der Waals surface area contributed by atoms with Crippen LogP contribution >= 0.6 is 0 Å². The van der Waals surface area contributed by atoms with Crippen molar-refractivity contribution in [1.82, 2.24) is 4.72 Å². The van der Waals surface area contributed by atoms with Gasteiger partial charge < -0.3 is 5.73 Å². The molecule has 0 radical (unpaired) electrons. The van der Waals surface area contributed by atoms with Crippen molar-refractivity contribution in [2.45, 2.75) is 0 Å². The molecular formula is C4H8N2O2S. The van der Waals surface area contributed by atoms with Gasteiger partial charge in [-0.05, 0) is 0 Å². The lowest BCUT2D eigenvalue weighted by molar-refractivity contribution is 0.597. The molecule has 0 heterocycles. The molecule has 0 fully saturated rings. The van der Waals surface area contributed by atoms with Gasteiger partial charge in [0.1, 0.15) is 0 Å². The standard InChI is InChI=1S/C4H8N2O2S/c1-9(7,8)6-4-2-3-5/h6H,3,5H2,1H3. The van der Waals surface area contributed by atoms with Gasteiger partial charge in [0.15, 0.2) is 0 Å². The van der Waals surface area contributed by atoms with E-state index in [1.807, 2.05) is 4.72 Å². The van der Waals surface area contributed by atoms with E-state index in [2.05, 4.69) is 12.0 Å². The quantitative estimate of drug-likeness (QED) is 0.349. The minimum Gasteiger partial charge on any atom is -0.320 e. The van der Waals surface area contributed by atoms with Gasteiger partial charge in [-0.25, -0.2) is 13.1 Å². The van der Waals surface area contributed by atoms with Crippen LogP contribution in [0.25, 0.3) is 0 Å². The van der Waals surface area contributed by atoms with E-state index >= 15 is 0 Å². The van der Waals surface area contributed by atoms with Gasteiger partial charge in [0.05, 0.1) is 12.8 Å². The van der Waals surface area contributed by atoms with E-state index in [0.29, 0.717) is 0 Å². The van der Waals surface area contributed by atoms with Crippen LogP contribution in [-0.2, 0) is 10.0 Å². The maximum absolute atomic E-state index is 10.3. The summed E-state index contributed by atoms with van der Waals surface area (Å²) >= 11 is 0. The van der Waals surface area contributed by atoms with Gasteiger partial charge in [0.25, 0.3) is 0 Å². The van der Waals surface area contributed by atoms with Crippen molar-refractivity contribution < 1.29 is 8.42 Å². The van der Waals surface area contributed by atoms with E-state index in [1.54, 1.807) is 0 Å². The van der Waals surface area contributed by atoms with Gasteiger partial charge in [-0.2, -0.15) is 0 Å². The predicted molar refractivity (Wildman–Crippen MR) is 34.8 cm³/mol. The molecule has 0 saturated heterocycles. The SMILES string of the molecule is CS(=O)(=O)NC#CCN. The van der Waals surface area contributed by atoms with E-state index in [9.17, 15) is 8.42 Å². The van der Waals surface area contributed by atoms with Crippen LogP contribution in [0.5, 0.6) is 0 Å². The highest BCUT2D eigenvalue weighted by atomic mass is 32.2. The topological polar surface area (TPSA) is 72.2 Å². The van der Waals surface area contributed by atoms with Crippen LogP contribution in [0.4, 0.5) is 0 Å². The zero-order valence-electron chi connectivity index (χ0n) is 5.01. The van der Waals surface area contributed by atoms with E-state index in [1.165, 1.54) is 0 Å². The van der Waals surface area contributed by atoms with Gasteiger partial charge >= 0.3 is 0 Å². The molecule has 4 nitrogen and oxygen atoms in total. The summed E-state index contributed by atoms with van der Waals surface area (Å²) in [6.07, 6.45) is 1.03. The van der Waals surface area contributed by atoms with E-state index < -0.39 is 10.0 Å². The first-order valence-corrected chi connectivity index (χ1v) is 4.10. The molecule has 9 heavy (non-hydrogen) atoms. The molecule has 0 aliphatic rings. The number of nitrogens with one attached hydrogen (secondary N) is 1. The Kier molecular flexibility index (Phi) is 3.06. The minimum atomic E-state index is -3.18. The third kappa shape index (κ3) is 7.27. The average Bonchev–Trinajstić information content (AvgIpc) is 1.63. The molecule has 0 spiro atoms. The Hall–Kier alpha value is -0.730. The fraction of sp³-hybridized carbons (Fsp3) is 0.500. The molecule has 0 aromatic heterocycles. The van der Waals surface area contributed by atoms with Crippen LogP contribution in [0.3, 0.4) is 0 Å². The van der Waals surface area contributed by atoms with Crippen molar-refractivity contribution in [2.24, 2.45) is 5.73 Å². The fourth-order valence-electron chi connectivity index (χ4n) is 0.180. The molecule has 0 unspecified atom stereocenters. The van der Waals surface area contributed by atoms with Crippen LogP contribution in [0.15, 0.2) is 0 Å². The van der Waals surface area contributed by atoms with Crippen LogP contribution in [0.1, 0.15) is 0 Å². The number of sulfonamides is 1. The van der Waals surface area contributed by atoms with Gasteiger partial charge in [-0.15, -0.1) is 0 Å². The number of nitrogens with two attached hydrogens (primary N) is 1. The Bertz CT molecular complexity index is 221. The second-order valence-electron chi connectivity index (χ2n) is 1.38. The van der Waals surface area contributed by atoms with Gasteiger partial charge in [-0.3, -0.25) is 0 Å². The zero-order valence-corrected chi connectivity index (χ0v) is 5.83. The fourth-order valence-corrected chi connectivity index (χ4v) is 0.437. The number of hydrogen-bond acceptors (Lipinski definition) is 3. The lowest BCUT2D eigenvalue weighted by Gasteiger charge is -1.88. The van der Waals surface area contributed by atoms with Crippen LogP contribution < -0.4 is 10.5 Å². The zero-order chi connectivity index (χ0) is 7.33. The summed E-state index contributed by atoms with van der Waals surface area (Å²) in [6, 6.07) is 2.16. The van der Waals surface area contributed by atoms with E-state index in [-0.39, 0.29) is 6.54 Å². The molecule has 0 aliphatic heterocycles. The molecule has 0 atom stereocenters. The second-order valence-corrected chi connectivity index (χ2v) is 3.13. The van der Waals surface area contributed by atoms with Crippen molar-refractivity contribution in [2.75, 3.05) is 12.8 Å².